The van der Waals surface area contributed by atoms with Gasteiger partial charge in [0.25, 0.3) is 0 Å². The predicted molar refractivity (Wildman–Crippen MR) is 66.7 cm³/mol. The zero-order valence-electron chi connectivity index (χ0n) is 14.6. The number of carbonyl (C=O) groups is 1. The van der Waals surface area contributed by atoms with Gasteiger partial charge in [0, 0.05) is 6.42 Å². The molecule has 0 heterocycles. The molecule has 190 valence electrons. The van der Waals surface area contributed by atoms with Gasteiger partial charge < -0.3 is 5.11 Å². The zero-order valence-corrected chi connectivity index (χ0v) is 14.6. The van der Waals surface area contributed by atoms with Crippen LogP contribution in [0.15, 0.2) is 11.9 Å². The van der Waals surface area contributed by atoms with Crippen LogP contribution in [-0.4, -0.2) is 58.5 Å². The number of halogens is 17. The first-order chi connectivity index (χ1) is 13.6. The first-order valence-corrected chi connectivity index (χ1v) is 7.28. The molecule has 1 N–H and O–H groups in total. The molecule has 0 rings (SSSR count). The molecule has 0 radical (unpaired) electrons. The van der Waals surface area contributed by atoms with Crippen LogP contribution in [0.3, 0.4) is 0 Å². The maximum absolute atomic E-state index is 13.4. The zero-order chi connectivity index (χ0) is 26.6. The highest BCUT2D eigenvalue weighted by atomic mass is 19.4. The molecule has 0 aromatic heterocycles. The van der Waals surface area contributed by atoms with Crippen molar-refractivity contribution in [2.45, 2.75) is 60.7 Å². The van der Waals surface area contributed by atoms with Gasteiger partial charge in [-0.05, 0) is 0 Å². The number of aliphatic carboxylic acids is 1. The molecule has 0 fully saturated rings. The van der Waals surface area contributed by atoms with E-state index in [1.807, 2.05) is 0 Å². The van der Waals surface area contributed by atoms with Crippen LogP contribution < -0.4 is 0 Å². The minimum atomic E-state index is -8.69. The molecule has 0 saturated heterocycles. The number of rotatable bonds is 10. The standard InChI is InChI=1S/C13H7F17O2/c1-2-6(15,16)8(19,20)10(23,24)12(27,28)13(29,30)11(25,26)9(21,22)7(17,18)4(14)3-5(31)32/h3H,2H2,1H3,(H,31,32)/b4-3-. The molecule has 0 unspecified atom stereocenters. The Morgan fingerprint density at radius 3 is 1.19 bits per heavy atom. The molecule has 19 heteroatoms. The van der Waals surface area contributed by atoms with Gasteiger partial charge in [0.15, 0.2) is 5.83 Å². The molecule has 0 aromatic carbocycles. The van der Waals surface area contributed by atoms with Gasteiger partial charge in [0.05, 0.1) is 6.08 Å². The van der Waals surface area contributed by atoms with Gasteiger partial charge in [-0.3, -0.25) is 0 Å². The number of hydrogen-bond acceptors (Lipinski definition) is 1. The molecule has 0 spiro atoms. The second-order valence-electron chi connectivity index (χ2n) is 5.91. The molecule has 0 aliphatic carbocycles. The second kappa shape index (κ2) is 7.81. The van der Waals surface area contributed by atoms with E-state index in [2.05, 4.69) is 0 Å². The Hall–Kier alpha value is -1.98. The fourth-order valence-electron chi connectivity index (χ4n) is 1.79. The summed E-state index contributed by atoms with van der Waals surface area (Å²) in [6, 6.07) is 0. The monoisotopic (exact) mass is 518 g/mol. The molecule has 2 nitrogen and oxygen atoms in total. The smallest absolute Gasteiger partial charge is 0.385 e. The summed E-state index contributed by atoms with van der Waals surface area (Å²) < 4.78 is 225. The third-order valence-electron chi connectivity index (χ3n) is 3.82. The van der Waals surface area contributed by atoms with Crippen molar-refractivity contribution < 1.29 is 84.5 Å². The van der Waals surface area contributed by atoms with Gasteiger partial charge in [-0.15, -0.1) is 0 Å². The lowest BCUT2D eigenvalue weighted by Gasteiger charge is -2.43. The molecular weight excluding hydrogens is 511 g/mol. The molecule has 0 bridgehead atoms. The SMILES string of the molecule is CCC(F)(F)C(F)(F)C(F)(F)C(F)(F)C(F)(F)C(F)(F)C(F)(F)C(F)(F)/C(F)=C/C(=O)O. The highest BCUT2D eigenvalue weighted by Crippen LogP contribution is 2.64. The molecule has 0 aliphatic rings. The van der Waals surface area contributed by atoms with E-state index in [0.717, 1.165) is 0 Å². The molecule has 0 atom stereocenters. The van der Waals surface area contributed by atoms with Gasteiger partial charge in [-0.2, -0.15) is 70.2 Å². The van der Waals surface area contributed by atoms with Crippen molar-refractivity contribution in [1.29, 1.82) is 0 Å². The number of carboxylic acid groups (broad SMARTS) is 1. The third kappa shape index (κ3) is 3.73. The van der Waals surface area contributed by atoms with Gasteiger partial charge in [-0.1, -0.05) is 6.92 Å². The lowest BCUT2D eigenvalue weighted by atomic mass is 9.87. The van der Waals surface area contributed by atoms with Crippen LogP contribution in [0.1, 0.15) is 13.3 Å². The highest BCUT2D eigenvalue weighted by Gasteiger charge is 2.94. The lowest BCUT2D eigenvalue weighted by Crippen LogP contribution is -2.74. The summed E-state index contributed by atoms with van der Waals surface area (Å²) in [5.41, 5.74) is 0. The van der Waals surface area contributed by atoms with Crippen LogP contribution in [0.25, 0.3) is 0 Å². The first-order valence-electron chi connectivity index (χ1n) is 7.28. The molecule has 0 aliphatic heterocycles. The molecular formula is C13H7F17O2. The minimum absolute atomic E-state index is 0.0961. The quantitative estimate of drug-likeness (QED) is 0.268. The van der Waals surface area contributed by atoms with Crippen LogP contribution in [0.4, 0.5) is 74.6 Å². The Morgan fingerprint density at radius 1 is 0.625 bits per heavy atom. The van der Waals surface area contributed by atoms with Crippen LogP contribution in [0.2, 0.25) is 0 Å². The van der Waals surface area contributed by atoms with Crippen molar-refractivity contribution in [3.05, 3.63) is 11.9 Å². The Balaban J connectivity index is 6.90. The van der Waals surface area contributed by atoms with Crippen molar-refractivity contribution in [2.75, 3.05) is 0 Å². The van der Waals surface area contributed by atoms with Crippen molar-refractivity contribution in [1.82, 2.24) is 0 Å². The fraction of sp³-hybridized carbons (Fsp3) is 0.769. The Morgan fingerprint density at radius 2 is 0.906 bits per heavy atom. The van der Waals surface area contributed by atoms with Crippen molar-refractivity contribution in [2.24, 2.45) is 0 Å². The van der Waals surface area contributed by atoms with E-state index in [9.17, 15) is 79.4 Å². The topological polar surface area (TPSA) is 37.3 Å². The van der Waals surface area contributed by atoms with Crippen LogP contribution in [-0.2, 0) is 4.79 Å². The van der Waals surface area contributed by atoms with Gasteiger partial charge in [0.2, 0.25) is 0 Å². The number of hydrogen-bond donors (Lipinski definition) is 1. The summed E-state index contributed by atoms with van der Waals surface area (Å²) in [5, 5.41) is 7.90. The third-order valence-corrected chi connectivity index (χ3v) is 3.82. The van der Waals surface area contributed by atoms with Crippen molar-refractivity contribution in [3.63, 3.8) is 0 Å². The minimum Gasteiger partial charge on any atom is -0.478 e. The van der Waals surface area contributed by atoms with E-state index in [-0.39, 0.29) is 6.92 Å². The maximum atomic E-state index is 13.4. The molecule has 0 aromatic rings. The van der Waals surface area contributed by atoms with E-state index >= 15 is 0 Å². The van der Waals surface area contributed by atoms with E-state index in [1.54, 1.807) is 0 Å². The number of allylic oxidation sites excluding steroid dienone is 1. The Labute approximate surface area is 164 Å². The summed E-state index contributed by atoms with van der Waals surface area (Å²) in [4.78, 5) is 9.95. The normalized spacial score (nSPS) is 16.4. The summed E-state index contributed by atoms with van der Waals surface area (Å²) in [5.74, 6) is -70.9. The fourth-order valence-corrected chi connectivity index (χ4v) is 1.79. The van der Waals surface area contributed by atoms with Gasteiger partial charge >= 0.3 is 53.3 Å². The van der Waals surface area contributed by atoms with Crippen LogP contribution in [0.5, 0.6) is 0 Å². The summed E-state index contributed by atoms with van der Waals surface area (Å²) in [7, 11) is 0. The summed E-state index contributed by atoms with van der Waals surface area (Å²) in [6.07, 6.45) is -4.14. The second-order valence-corrected chi connectivity index (χ2v) is 5.91. The highest BCUT2D eigenvalue weighted by molar-refractivity contribution is 5.80. The predicted octanol–water partition coefficient (Wildman–Crippen LogP) is 6.42. The van der Waals surface area contributed by atoms with E-state index in [4.69, 9.17) is 5.11 Å². The first kappa shape index (κ1) is 30.0. The van der Waals surface area contributed by atoms with E-state index < -0.39 is 71.7 Å². The average molecular weight is 518 g/mol. The molecule has 32 heavy (non-hydrogen) atoms. The average Bonchev–Trinajstić information content (AvgIpc) is 2.59. The van der Waals surface area contributed by atoms with Gasteiger partial charge in [0.1, 0.15) is 0 Å². The van der Waals surface area contributed by atoms with E-state index in [0.29, 0.717) is 0 Å². The largest absolute Gasteiger partial charge is 0.478 e. The molecule has 0 amide bonds. The maximum Gasteiger partial charge on any atom is 0.385 e. The van der Waals surface area contributed by atoms with Gasteiger partial charge in [-0.25, -0.2) is 9.18 Å². The van der Waals surface area contributed by atoms with Crippen molar-refractivity contribution in [3.8, 4) is 0 Å². The Bertz CT molecular complexity index is 752. The summed E-state index contributed by atoms with van der Waals surface area (Å²) in [6.45, 7) is -0.0961. The van der Waals surface area contributed by atoms with Crippen LogP contribution >= 0.6 is 0 Å². The number of carboxylic acids is 1. The van der Waals surface area contributed by atoms with Crippen LogP contribution in [0, 0.1) is 0 Å². The number of alkyl halides is 16. The Kier molecular flexibility index (Phi) is 7.32. The lowest BCUT2D eigenvalue weighted by molar-refractivity contribution is -0.451. The van der Waals surface area contributed by atoms with E-state index in [1.165, 1.54) is 0 Å². The summed E-state index contributed by atoms with van der Waals surface area (Å²) >= 11 is 0. The van der Waals surface area contributed by atoms with Crippen molar-refractivity contribution >= 4 is 5.97 Å². The molecule has 0 saturated carbocycles.